The molecular formula is C22H20N4O3. The molecule has 2 aromatic heterocycles. The highest BCUT2D eigenvalue weighted by Gasteiger charge is 2.33. The van der Waals surface area contributed by atoms with E-state index < -0.39 is 0 Å². The number of carbonyl (C=O) groups is 1. The standard InChI is InChI=1S/C22H20N4O3/c1-28-19-6-2-5-15-8-16(13-29-21(15)19)17-9-20(27)25-22-18(17)11-24-26(22)12-14-4-3-7-23-10-14/h2-8,10-11,17H,9,12-13H2,1H3,(H,25,27)/t17-/m1/s1. The van der Waals surface area contributed by atoms with Crippen LogP contribution < -0.4 is 14.8 Å². The predicted octanol–water partition coefficient (Wildman–Crippen LogP) is 3.24. The molecule has 0 saturated heterocycles. The zero-order valence-corrected chi connectivity index (χ0v) is 16.0. The van der Waals surface area contributed by atoms with Gasteiger partial charge >= 0.3 is 0 Å². The van der Waals surface area contributed by atoms with E-state index in [1.807, 2.05) is 41.2 Å². The van der Waals surface area contributed by atoms with E-state index in [9.17, 15) is 4.79 Å². The second-order valence-corrected chi connectivity index (χ2v) is 7.16. The van der Waals surface area contributed by atoms with E-state index in [1.165, 1.54) is 0 Å². The van der Waals surface area contributed by atoms with Gasteiger partial charge in [0, 0.05) is 35.9 Å². The monoisotopic (exact) mass is 388 g/mol. The highest BCUT2D eigenvalue weighted by atomic mass is 16.5. The number of ether oxygens (including phenoxy) is 2. The van der Waals surface area contributed by atoms with Crippen LogP contribution in [0.3, 0.4) is 0 Å². The van der Waals surface area contributed by atoms with Crippen LogP contribution in [0.25, 0.3) is 6.08 Å². The molecule has 1 N–H and O–H groups in total. The molecule has 7 nitrogen and oxygen atoms in total. The lowest BCUT2D eigenvalue weighted by Crippen LogP contribution is -2.27. The molecule has 1 amide bonds. The Kier molecular flexibility index (Phi) is 4.27. The fraction of sp³-hybridized carbons (Fsp3) is 0.227. The lowest BCUT2D eigenvalue weighted by Gasteiger charge is -2.28. The maximum atomic E-state index is 12.5. The summed E-state index contributed by atoms with van der Waals surface area (Å²) >= 11 is 0. The molecule has 29 heavy (non-hydrogen) atoms. The molecule has 3 aromatic rings. The molecule has 0 spiro atoms. The number of nitrogens with one attached hydrogen (secondary N) is 1. The van der Waals surface area contributed by atoms with Crippen molar-refractivity contribution in [2.75, 3.05) is 19.0 Å². The molecule has 146 valence electrons. The molecule has 0 aliphatic carbocycles. The summed E-state index contributed by atoms with van der Waals surface area (Å²) in [5.41, 5.74) is 4.05. The molecule has 0 bridgehead atoms. The lowest BCUT2D eigenvalue weighted by atomic mass is 9.85. The molecule has 0 fully saturated rings. The molecule has 1 atom stereocenters. The number of para-hydroxylation sites is 1. The van der Waals surface area contributed by atoms with Gasteiger partial charge in [0.1, 0.15) is 12.4 Å². The van der Waals surface area contributed by atoms with Gasteiger partial charge in [-0.2, -0.15) is 5.10 Å². The van der Waals surface area contributed by atoms with Crippen molar-refractivity contribution in [2.24, 2.45) is 0 Å². The fourth-order valence-corrected chi connectivity index (χ4v) is 3.95. The van der Waals surface area contributed by atoms with E-state index in [0.717, 1.165) is 33.8 Å². The first kappa shape index (κ1) is 17.5. The number of aromatic nitrogens is 3. The molecule has 7 heteroatoms. The van der Waals surface area contributed by atoms with E-state index in [1.54, 1.807) is 19.5 Å². The van der Waals surface area contributed by atoms with Crippen molar-refractivity contribution in [2.45, 2.75) is 18.9 Å². The summed E-state index contributed by atoms with van der Waals surface area (Å²) in [5.74, 6) is 2.11. The van der Waals surface area contributed by atoms with Crippen molar-refractivity contribution in [3.63, 3.8) is 0 Å². The van der Waals surface area contributed by atoms with Crippen molar-refractivity contribution in [3.8, 4) is 11.5 Å². The number of hydrogen-bond donors (Lipinski definition) is 1. The van der Waals surface area contributed by atoms with Crippen molar-refractivity contribution in [1.82, 2.24) is 14.8 Å². The number of hydrogen-bond acceptors (Lipinski definition) is 5. The van der Waals surface area contributed by atoms with Crippen LogP contribution in [0.4, 0.5) is 5.82 Å². The Labute approximate surface area is 168 Å². The maximum absolute atomic E-state index is 12.5. The molecule has 0 saturated carbocycles. The lowest BCUT2D eigenvalue weighted by molar-refractivity contribution is -0.116. The van der Waals surface area contributed by atoms with E-state index in [4.69, 9.17) is 9.47 Å². The molecular weight excluding hydrogens is 368 g/mol. The normalized spacial score (nSPS) is 17.5. The number of benzene rings is 1. The molecule has 0 unspecified atom stereocenters. The number of nitrogens with zero attached hydrogens (tertiary/aromatic N) is 3. The Bertz CT molecular complexity index is 1100. The molecule has 4 heterocycles. The maximum Gasteiger partial charge on any atom is 0.226 e. The first-order valence-electron chi connectivity index (χ1n) is 9.47. The van der Waals surface area contributed by atoms with Gasteiger partial charge in [-0.05, 0) is 29.3 Å². The number of methoxy groups -OCH3 is 1. The summed E-state index contributed by atoms with van der Waals surface area (Å²) in [6.07, 6.45) is 7.87. The Morgan fingerprint density at radius 2 is 2.21 bits per heavy atom. The van der Waals surface area contributed by atoms with Gasteiger partial charge in [0.2, 0.25) is 5.91 Å². The van der Waals surface area contributed by atoms with Crippen LogP contribution >= 0.6 is 0 Å². The molecule has 0 radical (unpaired) electrons. The summed E-state index contributed by atoms with van der Waals surface area (Å²) in [7, 11) is 1.63. The molecule has 2 aliphatic rings. The number of carbonyl (C=O) groups excluding carboxylic acids is 1. The number of rotatable bonds is 4. The van der Waals surface area contributed by atoms with Gasteiger partial charge in [-0.1, -0.05) is 18.2 Å². The molecule has 5 rings (SSSR count). The topological polar surface area (TPSA) is 78.3 Å². The van der Waals surface area contributed by atoms with E-state index in [2.05, 4.69) is 21.5 Å². The highest BCUT2D eigenvalue weighted by Crippen LogP contribution is 2.42. The van der Waals surface area contributed by atoms with Gasteiger partial charge < -0.3 is 14.8 Å². The second-order valence-electron chi connectivity index (χ2n) is 7.16. The third-order valence-electron chi connectivity index (χ3n) is 5.35. The van der Waals surface area contributed by atoms with Gasteiger partial charge in [-0.15, -0.1) is 0 Å². The quantitative estimate of drug-likeness (QED) is 0.742. The minimum Gasteiger partial charge on any atom is -0.493 e. The zero-order valence-electron chi connectivity index (χ0n) is 16.0. The smallest absolute Gasteiger partial charge is 0.226 e. The Balaban J connectivity index is 1.50. The van der Waals surface area contributed by atoms with E-state index >= 15 is 0 Å². The zero-order chi connectivity index (χ0) is 19.8. The van der Waals surface area contributed by atoms with Crippen LogP contribution in [0.2, 0.25) is 0 Å². The van der Waals surface area contributed by atoms with Crippen LogP contribution in [-0.4, -0.2) is 34.4 Å². The van der Waals surface area contributed by atoms with Crippen molar-refractivity contribution in [3.05, 3.63) is 71.2 Å². The van der Waals surface area contributed by atoms with Crippen LogP contribution in [0, 0.1) is 0 Å². The average Bonchev–Trinajstić information content (AvgIpc) is 3.15. The van der Waals surface area contributed by atoms with Crippen LogP contribution in [0.1, 0.15) is 29.0 Å². The average molecular weight is 388 g/mol. The van der Waals surface area contributed by atoms with E-state index in [0.29, 0.717) is 25.3 Å². The summed E-state index contributed by atoms with van der Waals surface area (Å²) in [5, 5.41) is 7.52. The second kappa shape index (κ2) is 7.09. The van der Waals surface area contributed by atoms with Crippen LogP contribution in [0.15, 0.2) is 54.5 Å². The van der Waals surface area contributed by atoms with Gasteiger partial charge in [0.15, 0.2) is 11.5 Å². The third kappa shape index (κ3) is 3.14. The number of fused-ring (bicyclic) bond motifs is 2. The minimum absolute atomic E-state index is 0.0206. The third-order valence-corrected chi connectivity index (χ3v) is 5.35. The summed E-state index contributed by atoms with van der Waals surface area (Å²) in [6.45, 7) is 0.963. The Morgan fingerprint density at radius 1 is 1.28 bits per heavy atom. The van der Waals surface area contributed by atoms with Crippen LogP contribution in [0.5, 0.6) is 11.5 Å². The number of pyridine rings is 1. The predicted molar refractivity (Wildman–Crippen MR) is 108 cm³/mol. The van der Waals surface area contributed by atoms with Crippen molar-refractivity contribution < 1.29 is 14.3 Å². The minimum atomic E-state index is -0.0688. The molecule has 2 aliphatic heterocycles. The number of amides is 1. The van der Waals surface area contributed by atoms with Crippen LogP contribution in [-0.2, 0) is 11.3 Å². The fourth-order valence-electron chi connectivity index (χ4n) is 3.95. The van der Waals surface area contributed by atoms with Gasteiger partial charge in [-0.25, -0.2) is 4.68 Å². The summed E-state index contributed by atoms with van der Waals surface area (Å²) < 4.78 is 13.2. The van der Waals surface area contributed by atoms with Crippen molar-refractivity contribution in [1.29, 1.82) is 0 Å². The van der Waals surface area contributed by atoms with Crippen molar-refractivity contribution >= 4 is 17.8 Å². The summed E-state index contributed by atoms with van der Waals surface area (Å²) in [4.78, 5) is 16.6. The Hall–Kier alpha value is -3.61. The number of anilines is 1. The highest BCUT2D eigenvalue weighted by molar-refractivity contribution is 5.94. The molecule has 1 aromatic carbocycles. The first-order valence-corrected chi connectivity index (χ1v) is 9.47. The SMILES string of the molecule is COc1cccc2c1OCC([C@H]1CC(=O)Nc3c1cnn3Cc1cccnc1)=C2. The Morgan fingerprint density at radius 3 is 3.03 bits per heavy atom. The van der Waals surface area contributed by atoms with Gasteiger partial charge in [-0.3, -0.25) is 9.78 Å². The first-order chi connectivity index (χ1) is 14.2. The van der Waals surface area contributed by atoms with Gasteiger partial charge in [0.05, 0.1) is 19.9 Å². The largest absolute Gasteiger partial charge is 0.493 e. The van der Waals surface area contributed by atoms with E-state index in [-0.39, 0.29) is 11.8 Å². The summed E-state index contributed by atoms with van der Waals surface area (Å²) in [6, 6.07) is 9.69. The van der Waals surface area contributed by atoms with Gasteiger partial charge in [0.25, 0.3) is 0 Å².